The Balaban J connectivity index is 2.20. The first-order valence-corrected chi connectivity index (χ1v) is 7.25. The molecule has 0 atom stereocenters. The normalized spacial score (nSPS) is 10.2. The number of ether oxygens (including phenoxy) is 1. The molecule has 1 aromatic carbocycles. The van der Waals surface area contributed by atoms with Gasteiger partial charge in [0.2, 0.25) is 5.91 Å². The van der Waals surface area contributed by atoms with E-state index < -0.39 is 5.97 Å². The standard InChI is InChI=1S/C14H12ClNO4S/c1-20-12-6-11(10(15)5-9(12)14(18)19)16-13(17)4-8-2-3-21-7-8/h2-3,5-7H,4H2,1H3,(H,16,17)(H,18,19). The van der Waals surface area contributed by atoms with E-state index in [1.807, 2.05) is 16.8 Å². The molecule has 2 rings (SSSR count). The maximum atomic E-state index is 11.9. The van der Waals surface area contributed by atoms with Gasteiger partial charge in [-0.15, -0.1) is 0 Å². The minimum Gasteiger partial charge on any atom is -0.496 e. The summed E-state index contributed by atoms with van der Waals surface area (Å²) in [6, 6.07) is 4.51. The first-order valence-electron chi connectivity index (χ1n) is 5.93. The molecule has 0 aliphatic heterocycles. The molecule has 5 nitrogen and oxygen atoms in total. The molecule has 2 aromatic rings. The first kappa shape index (κ1) is 15.3. The zero-order chi connectivity index (χ0) is 15.4. The topological polar surface area (TPSA) is 75.6 Å². The van der Waals surface area contributed by atoms with Crippen molar-refractivity contribution >= 4 is 40.5 Å². The number of rotatable bonds is 5. The van der Waals surface area contributed by atoms with Gasteiger partial charge in [-0.25, -0.2) is 4.79 Å². The number of carbonyl (C=O) groups is 2. The number of hydrogen-bond acceptors (Lipinski definition) is 4. The summed E-state index contributed by atoms with van der Waals surface area (Å²) >= 11 is 7.51. The quantitative estimate of drug-likeness (QED) is 0.884. The maximum Gasteiger partial charge on any atom is 0.339 e. The Labute approximate surface area is 130 Å². The monoisotopic (exact) mass is 325 g/mol. The summed E-state index contributed by atoms with van der Waals surface area (Å²) in [7, 11) is 1.35. The van der Waals surface area contributed by atoms with Crippen molar-refractivity contribution in [2.45, 2.75) is 6.42 Å². The summed E-state index contributed by atoms with van der Waals surface area (Å²) in [6.45, 7) is 0. The molecule has 0 radical (unpaired) electrons. The number of hydrogen-bond donors (Lipinski definition) is 2. The van der Waals surface area contributed by atoms with E-state index >= 15 is 0 Å². The van der Waals surface area contributed by atoms with E-state index in [2.05, 4.69) is 5.32 Å². The van der Waals surface area contributed by atoms with Gasteiger partial charge in [0.1, 0.15) is 11.3 Å². The molecule has 1 amide bonds. The molecule has 0 spiro atoms. The van der Waals surface area contributed by atoms with Crippen molar-refractivity contribution in [1.29, 1.82) is 0 Å². The number of methoxy groups -OCH3 is 1. The van der Waals surface area contributed by atoms with E-state index in [1.54, 1.807) is 0 Å². The van der Waals surface area contributed by atoms with Gasteiger partial charge in [-0.2, -0.15) is 11.3 Å². The van der Waals surface area contributed by atoms with Crippen LogP contribution in [0.25, 0.3) is 0 Å². The number of nitrogens with one attached hydrogen (secondary N) is 1. The number of carboxylic acids is 1. The van der Waals surface area contributed by atoms with Gasteiger partial charge in [0.15, 0.2) is 0 Å². The number of benzene rings is 1. The van der Waals surface area contributed by atoms with E-state index in [4.69, 9.17) is 21.4 Å². The van der Waals surface area contributed by atoms with Crippen molar-refractivity contribution < 1.29 is 19.4 Å². The largest absolute Gasteiger partial charge is 0.496 e. The molecular formula is C14H12ClNO4S. The van der Waals surface area contributed by atoms with E-state index in [0.29, 0.717) is 5.69 Å². The van der Waals surface area contributed by atoms with Crippen molar-refractivity contribution in [3.63, 3.8) is 0 Å². The van der Waals surface area contributed by atoms with Crippen LogP contribution in [0.1, 0.15) is 15.9 Å². The van der Waals surface area contributed by atoms with Crippen LogP contribution < -0.4 is 10.1 Å². The maximum absolute atomic E-state index is 11.9. The lowest BCUT2D eigenvalue weighted by atomic mass is 10.1. The second kappa shape index (κ2) is 6.60. The molecule has 0 bridgehead atoms. The van der Waals surface area contributed by atoms with Crippen LogP contribution in [0.3, 0.4) is 0 Å². The van der Waals surface area contributed by atoms with Crippen LogP contribution in [0.2, 0.25) is 5.02 Å². The SMILES string of the molecule is COc1cc(NC(=O)Cc2ccsc2)c(Cl)cc1C(=O)O. The molecule has 0 unspecified atom stereocenters. The summed E-state index contributed by atoms with van der Waals surface area (Å²) in [5, 5.41) is 15.6. The smallest absolute Gasteiger partial charge is 0.339 e. The number of halogens is 1. The molecule has 0 saturated carbocycles. The third-order valence-electron chi connectivity index (χ3n) is 2.74. The molecule has 1 heterocycles. The van der Waals surface area contributed by atoms with Crippen LogP contribution in [0.5, 0.6) is 5.75 Å². The van der Waals surface area contributed by atoms with Crippen molar-refractivity contribution in [2.75, 3.05) is 12.4 Å². The van der Waals surface area contributed by atoms with Gasteiger partial charge < -0.3 is 15.2 Å². The fourth-order valence-electron chi connectivity index (χ4n) is 1.76. The fraction of sp³-hybridized carbons (Fsp3) is 0.143. The Hall–Kier alpha value is -2.05. The van der Waals surface area contributed by atoms with Gasteiger partial charge in [0, 0.05) is 6.07 Å². The number of aromatic carboxylic acids is 1. The van der Waals surface area contributed by atoms with Crippen molar-refractivity contribution in [2.24, 2.45) is 0 Å². The van der Waals surface area contributed by atoms with Gasteiger partial charge in [-0.05, 0) is 28.5 Å². The number of anilines is 1. The highest BCUT2D eigenvalue weighted by atomic mass is 35.5. The predicted molar refractivity (Wildman–Crippen MR) is 81.6 cm³/mol. The summed E-state index contributed by atoms with van der Waals surface area (Å²) < 4.78 is 5.00. The zero-order valence-corrected chi connectivity index (χ0v) is 12.6. The Morgan fingerprint density at radius 2 is 2.19 bits per heavy atom. The number of thiophene rings is 1. The summed E-state index contributed by atoms with van der Waals surface area (Å²) in [4.78, 5) is 23.0. The second-order valence-electron chi connectivity index (χ2n) is 4.19. The molecule has 21 heavy (non-hydrogen) atoms. The molecule has 110 valence electrons. The summed E-state index contributed by atoms with van der Waals surface area (Å²) in [5.41, 5.74) is 1.17. The van der Waals surface area contributed by atoms with Crippen LogP contribution in [0.4, 0.5) is 5.69 Å². The molecule has 2 N–H and O–H groups in total. The fourth-order valence-corrected chi connectivity index (χ4v) is 2.64. The highest BCUT2D eigenvalue weighted by Crippen LogP contribution is 2.31. The van der Waals surface area contributed by atoms with E-state index in [9.17, 15) is 9.59 Å². The van der Waals surface area contributed by atoms with Crippen LogP contribution >= 0.6 is 22.9 Å². The zero-order valence-electron chi connectivity index (χ0n) is 11.1. The lowest BCUT2D eigenvalue weighted by Gasteiger charge is -2.11. The molecule has 0 aliphatic rings. The van der Waals surface area contributed by atoms with Gasteiger partial charge in [-0.3, -0.25) is 4.79 Å². The van der Waals surface area contributed by atoms with Gasteiger partial charge >= 0.3 is 5.97 Å². The highest BCUT2D eigenvalue weighted by molar-refractivity contribution is 7.08. The molecule has 0 saturated heterocycles. The van der Waals surface area contributed by atoms with Gasteiger partial charge in [-0.1, -0.05) is 11.6 Å². The minimum atomic E-state index is -1.15. The summed E-state index contributed by atoms with van der Waals surface area (Å²) in [5.74, 6) is -1.25. The summed E-state index contributed by atoms with van der Waals surface area (Å²) in [6.07, 6.45) is 0.225. The molecule has 7 heteroatoms. The minimum absolute atomic E-state index is 0.0571. The number of carboxylic acid groups (broad SMARTS) is 1. The first-order chi connectivity index (χ1) is 10.0. The molecular weight excluding hydrogens is 314 g/mol. The van der Waals surface area contributed by atoms with Gasteiger partial charge in [0.25, 0.3) is 0 Å². The highest BCUT2D eigenvalue weighted by Gasteiger charge is 2.16. The Morgan fingerprint density at radius 1 is 1.43 bits per heavy atom. The average Bonchev–Trinajstić information content (AvgIpc) is 2.93. The third kappa shape index (κ3) is 3.74. The van der Waals surface area contributed by atoms with E-state index in [0.717, 1.165) is 5.56 Å². The molecule has 1 aromatic heterocycles. The van der Waals surface area contributed by atoms with Crippen LogP contribution in [0, 0.1) is 0 Å². The van der Waals surface area contributed by atoms with Crippen LogP contribution in [-0.2, 0) is 11.2 Å². The van der Waals surface area contributed by atoms with Crippen LogP contribution in [-0.4, -0.2) is 24.1 Å². The Kier molecular flexibility index (Phi) is 4.82. The van der Waals surface area contributed by atoms with Crippen molar-refractivity contribution in [3.8, 4) is 5.75 Å². The lowest BCUT2D eigenvalue weighted by Crippen LogP contribution is -2.15. The number of carbonyl (C=O) groups excluding carboxylic acids is 1. The molecule has 0 aliphatic carbocycles. The van der Waals surface area contributed by atoms with Crippen molar-refractivity contribution in [3.05, 3.63) is 45.1 Å². The Morgan fingerprint density at radius 3 is 2.76 bits per heavy atom. The third-order valence-corrected chi connectivity index (χ3v) is 3.78. The predicted octanol–water partition coefficient (Wildman–Crippen LogP) is 3.29. The van der Waals surface area contributed by atoms with Crippen molar-refractivity contribution in [1.82, 2.24) is 0 Å². The van der Waals surface area contributed by atoms with E-state index in [-0.39, 0.29) is 28.7 Å². The second-order valence-corrected chi connectivity index (χ2v) is 5.38. The Bertz CT molecular complexity index is 670. The molecule has 0 fully saturated rings. The lowest BCUT2D eigenvalue weighted by molar-refractivity contribution is -0.115. The van der Waals surface area contributed by atoms with Crippen LogP contribution in [0.15, 0.2) is 29.0 Å². The van der Waals surface area contributed by atoms with E-state index in [1.165, 1.54) is 30.6 Å². The average molecular weight is 326 g/mol. The number of amides is 1. The van der Waals surface area contributed by atoms with Gasteiger partial charge in [0.05, 0.1) is 24.2 Å².